The summed E-state index contributed by atoms with van der Waals surface area (Å²) >= 11 is 6.38. The van der Waals surface area contributed by atoms with Gasteiger partial charge in [-0.3, -0.25) is 9.78 Å². The largest absolute Gasteiger partial charge is 0.350 e. The molecule has 0 saturated carbocycles. The monoisotopic (exact) mass is 405 g/mol. The summed E-state index contributed by atoms with van der Waals surface area (Å²) in [4.78, 5) is 17.2. The smallest absolute Gasteiger partial charge is 0.270 e. The number of benzene rings is 1. The summed E-state index contributed by atoms with van der Waals surface area (Å²) < 4.78 is 3.56. The Hall–Kier alpha value is -3.38. The fourth-order valence-corrected chi connectivity index (χ4v) is 3.36. The average molecular weight is 406 g/mol. The summed E-state index contributed by atoms with van der Waals surface area (Å²) in [6.45, 7) is 0.475. The number of halogens is 1. The van der Waals surface area contributed by atoms with Crippen molar-refractivity contribution in [2.24, 2.45) is 7.05 Å². The quantitative estimate of drug-likeness (QED) is 0.529. The Labute approximate surface area is 173 Å². The maximum Gasteiger partial charge on any atom is 0.270 e. The number of para-hydroxylation sites is 1. The highest BCUT2D eigenvalue weighted by Crippen LogP contribution is 2.25. The molecule has 1 N–H and O–H groups in total. The third-order valence-electron chi connectivity index (χ3n) is 4.62. The van der Waals surface area contributed by atoms with Crippen molar-refractivity contribution in [1.29, 1.82) is 0 Å². The van der Waals surface area contributed by atoms with Crippen LogP contribution in [-0.2, 0) is 13.5 Å². The predicted octanol–water partition coefficient (Wildman–Crippen LogP) is 3.90. The maximum absolute atomic E-state index is 13.0. The Balaban J connectivity index is 1.64. The standard InChI is InChI=1S/C22H20ClN5O/c1-27-14-6-10-20(27)18-15-21(28(26-18)19-9-3-2-8-17(19)23)22(29)25-13-11-16-7-4-5-12-24-16/h2-10,12,14-15H,11,13H2,1H3,(H,25,29). The number of carbonyl (C=O) groups excluding carboxylic acids is 1. The summed E-state index contributed by atoms with van der Waals surface area (Å²) in [5.41, 5.74) is 3.63. The molecular weight excluding hydrogens is 386 g/mol. The minimum atomic E-state index is -0.214. The number of pyridine rings is 1. The van der Waals surface area contributed by atoms with Gasteiger partial charge in [0.2, 0.25) is 0 Å². The van der Waals surface area contributed by atoms with E-state index in [-0.39, 0.29) is 5.91 Å². The predicted molar refractivity (Wildman–Crippen MR) is 113 cm³/mol. The van der Waals surface area contributed by atoms with Gasteiger partial charge in [-0.2, -0.15) is 5.10 Å². The van der Waals surface area contributed by atoms with Gasteiger partial charge >= 0.3 is 0 Å². The maximum atomic E-state index is 13.0. The number of carbonyl (C=O) groups is 1. The lowest BCUT2D eigenvalue weighted by atomic mass is 10.2. The number of aromatic nitrogens is 4. The molecule has 0 bridgehead atoms. The van der Waals surface area contributed by atoms with Crippen molar-refractivity contribution in [2.45, 2.75) is 6.42 Å². The van der Waals surface area contributed by atoms with Gasteiger partial charge in [-0.1, -0.05) is 29.8 Å². The Morgan fingerprint density at radius 3 is 2.66 bits per heavy atom. The van der Waals surface area contributed by atoms with Crippen LogP contribution in [0.4, 0.5) is 0 Å². The van der Waals surface area contributed by atoms with Gasteiger partial charge in [-0.05, 0) is 42.5 Å². The van der Waals surface area contributed by atoms with E-state index in [1.807, 2.05) is 66.3 Å². The summed E-state index contributed by atoms with van der Waals surface area (Å²) in [6.07, 6.45) is 4.34. The summed E-state index contributed by atoms with van der Waals surface area (Å²) in [6, 6.07) is 18.8. The van der Waals surface area contributed by atoms with E-state index < -0.39 is 0 Å². The van der Waals surface area contributed by atoms with Crippen molar-refractivity contribution in [2.75, 3.05) is 6.54 Å². The average Bonchev–Trinajstić information content (AvgIpc) is 3.35. The SMILES string of the molecule is Cn1cccc1-c1cc(C(=O)NCCc2ccccn2)n(-c2ccccc2Cl)n1. The summed E-state index contributed by atoms with van der Waals surface area (Å²) in [5, 5.41) is 8.16. The highest BCUT2D eigenvalue weighted by atomic mass is 35.5. The molecule has 0 radical (unpaired) electrons. The Morgan fingerprint density at radius 1 is 1.10 bits per heavy atom. The van der Waals surface area contributed by atoms with Crippen molar-refractivity contribution in [3.63, 3.8) is 0 Å². The van der Waals surface area contributed by atoms with Crippen LogP contribution in [0.15, 0.2) is 73.1 Å². The lowest BCUT2D eigenvalue weighted by Gasteiger charge is -2.09. The second-order valence-electron chi connectivity index (χ2n) is 6.61. The minimum absolute atomic E-state index is 0.214. The molecule has 3 heterocycles. The molecule has 1 amide bonds. The zero-order valence-electron chi connectivity index (χ0n) is 15.9. The molecule has 0 aliphatic carbocycles. The first-order chi connectivity index (χ1) is 14.1. The Kier molecular flexibility index (Phi) is 5.44. The number of amides is 1. The van der Waals surface area contributed by atoms with Crippen LogP contribution in [-0.4, -0.2) is 31.8 Å². The van der Waals surface area contributed by atoms with E-state index >= 15 is 0 Å². The van der Waals surface area contributed by atoms with Crippen LogP contribution in [0.2, 0.25) is 5.02 Å². The molecule has 146 valence electrons. The van der Waals surface area contributed by atoms with E-state index in [2.05, 4.69) is 15.4 Å². The molecule has 1 aromatic carbocycles. The van der Waals surface area contributed by atoms with Gasteiger partial charge in [0.25, 0.3) is 5.91 Å². The normalized spacial score (nSPS) is 10.8. The summed E-state index contributed by atoms with van der Waals surface area (Å²) in [7, 11) is 1.94. The van der Waals surface area contributed by atoms with Gasteiger partial charge in [-0.25, -0.2) is 4.68 Å². The number of hydrogen-bond acceptors (Lipinski definition) is 3. The fourth-order valence-electron chi connectivity index (χ4n) is 3.14. The van der Waals surface area contributed by atoms with Crippen LogP contribution in [0.5, 0.6) is 0 Å². The van der Waals surface area contributed by atoms with E-state index in [0.717, 1.165) is 11.4 Å². The minimum Gasteiger partial charge on any atom is -0.350 e. The second-order valence-corrected chi connectivity index (χ2v) is 7.02. The van der Waals surface area contributed by atoms with Crippen molar-refractivity contribution >= 4 is 17.5 Å². The number of aryl methyl sites for hydroxylation is 1. The first kappa shape index (κ1) is 19.0. The van der Waals surface area contributed by atoms with E-state index in [4.69, 9.17) is 11.6 Å². The highest BCUT2D eigenvalue weighted by molar-refractivity contribution is 6.32. The van der Waals surface area contributed by atoms with Crippen LogP contribution >= 0.6 is 11.6 Å². The van der Waals surface area contributed by atoms with Crippen molar-refractivity contribution < 1.29 is 4.79 Å². The topological polar surface area (TPSA) is 64.7 Å². The highest BCUT2D eigenvalue weighted by Gasteiger charge is 2.19. The summed E-state index contributed by atoms with van der Waals surface area (Å²) in [5.74, 6) is -0.214. The third kappa shape index (κ3) is 4.07. The van der Waals surface area contributed by atoms with Crippen LogP contribution < -0.4 is 5.32 Å². The molecule has 0 spiro atoms. The van der Waals surface area contributed by atoms with E-state index in [9.17, 15) is 4.79 Å². The molecule has 4 rings (SSSR count). The van der Waals surface area contributed by atoms with Crippen LogP contribution in [0.1, 0.15) is 16.2 Å². The molecule has 0 saturated heterocycles. The van der Waals surface area contributed by atoms with Gasteiger partial charge in [0.05, 0.1) is 16.4 Å². The lowest BCUT2D eigenvalue weighted by molar-refractivity contribution is 0.0946. The Bertz CT molecular complexity index is 1130. The number of hydrogen-bond donors (Lipinski definition) is 1. The first-order valence-electron chi connectivity index (χ1n) is 9.28. The zero-order valence-corrected chi connectivity index (χ0v) is 16.7. The van der Waals surface area contributed by atoms with Gasteiger partial charge in [0, 0.05) is 38.1 Å². The van der Waals surface area contributed by atoms with Crippen molar-refractivity contribution in [3.05, 3.63) is 89.5 Å². The van der Waals surface area contributed by atoms with Crippen molar-refractivity contribution in [1.82, 2.24) is 24.6 Å². The van der Waals surface area contributed by atoms with Gasteiger partial charge in [0.1, 0.15) is 11.4 Å². The Morgan fingerprint density at radius 2 is 1.93 bits per heavy atom. The van der Waals surface area contributed by atoms with Crippen LogP contribution in [0, 0.1) is 0 Å². The first-order valence-corrected chi connectivity index (χ1v) is 9.66. The number of rotatable bonds is 6. The molecule has 0 unspecified atom stereocenters. The molecule has 0 atom stereocenters. The molecule has 4 aromatic rings. The molecule has 0 aliphatic rings. The molecular formula is C22H20ClN5O. The number of nitrogens with zero attached hydrogens (tertiary/aromatic N) is 4. The fraction of sp³-hybridized carbons (Fsp3) is 0.136. The van der Waals surface area contributed by atoms with Crippen LogP contribution in [0.3, 0.4) is 0 Å². The van der Waals surface area contributed by atoms with E-state index in [1.54, 1.807) is 23.0 Å². The zero-order chi connectivity index (χ0) is 20.2. The molecule has 6 nitrogen and oxygen atoms in total. The third-order valence-corrected chi connectivity index (χ3v) is 4.94. The molecule has 0 fully saturated rings. The van der Waals surface area contributed by atoms with Gasteiger partial charge < -0.3 is 9.88 Å². The van der Waals surface area contributed by atoms with E-state index in [1.165, 1.54) is 0 Å². The lowest BCUT2D eigenvalue weighted by Crippen LogP contribution is -2.28. The van der Waals surface area contributed by atoms with Crippen LogP contribution in [0.25, 0.3) is 17.1 Å². The molecule has 7 heteroatoms. The van der Waals surface area contributed by atoms with Gasteiger partial charge in [-0.15, -0.1) is 0 Å². The van der Waals surface area contributed by atoms with Crippen molar-refractivity contribution in [3.8, 4) is 17.1 Å². The van der Waals surface area contributed by atoms with Gasteiger partial charge in [0.15, 0.2) is 0 Å². The molecule has 29 heavy (non-hydrogen) atoms. The number of nitrogens with one attached hydrogen (secondary N) is 1. The molecule has 0 aliphatic heterocycles. The molecule has 3 aromatic heterocycles. The second kappa shape index (κ2) is 8.32. The van der Waals surface area contributed by atoms with E-state index in [0.29, 0.717) is 35.1 Å².